The third-order valence-electron chi connectivity index (χ3n) is 4.97. The van der Waals surface area contributed by atoms with Crippen molar-refractivity contribution in [2.45, 2.75) is 13.0 Å². The lowest BCUT2D eigenvalue weighted by atomic mass is 10.2. The number of hydrogen-bond donors (Lipinski definition) is 0. The Kier molecular flexibility index (Phi) is 6.42. The molecule has 0 N–H and O–H groups in total. The van der Waals surface area contributed by atoms with Crippen molar-refractivity contribution in [2.24, 2.45) is 0 Å². The van der Waals surface area contributed by atoms with Crippen LogP contribution in [-0.4, -0.2) is 52.6 Å². The molecule has 0 saturated carbocycles. The van der Waals surface area contributed by atoms with Gasteiger partial charge in [0.1, 0.15) is 5.52 Å². The Balaban J connectivity index is 0.00000140. The number of halogens is 1. The number of para-hydroxylation sites is 1. The standard InChI is InChI=1S/C20H23N5O.ClH/c26-20-18-9-4-5-10-19(18)21-22-25(20)12-6-11-23-13-15-24(16-14-23)17-7-2-1-3-8-17;/h1-5,7-10H,6,11-16H2;1H. The smallest absolute Gasteiger partial charge is 1.00 e. The van der Waals surface area contributed by atoms with Gasteiger partial charge in [-0.25, -0.2) is 4.68 Å². The topological polar surface area (TPSA) is 54.3 Å². The molecule has 1 aromatic heterocycles. The second kappa shape index (κ2) is 8.97. The van der Waals surface area contributed by atoms with Gasteiger partial charge in [0.2, 0.25) is 0 Å². The molecule has 6 nitrogen and oxygen atoms in total. The lowest BCUT2D eigenvalue weighted by molar-refractivity contribution is -0.00000533. The minimum absolute atomic E-state index is 0. The predicted molar refractivity (Wildman–Crippen MR) is 105 cm³/mol. The summed E-state index contributed by atoms with van der Waals surface area (Å²) in [5.41, 5.74) is 1.90. The molecule has 0 aliphatic carbocycles. The maximum absolute atomic E-state index is 12.5. The molecule has 4 rings (SSSR count). The van der Waals surface area contributed by atoms with Crippen molar-refractivity contribution in [3.63, 3.8) is 0 Å². The first-order valence-electron chi connectivity index (χ1n) is 9.16. The minimum Gasteiger partial charge on any atom is -1.00 e. The molecular formula is C20H24ClN5O. The molecule has 2 heterocycles. The fraction of sp³-hybridized carbons (Fsp3) is 0.350. The first-order valence-corrected chi connectivity index (χ1v) is 9.16. The molecule has 27 heavy (non-hydrogen) atoms. The van der Waals surface area contributed by atoms with E-state index in [2.05, 4.69) is 50.4 Å². The Morgan fingerprint density at radius 1 is 0.889 bits per heavy atom. The molecule has 2 aromatic carbocycles. The summed E-state index contributed by atoms with van der Waals surface area (Å²) in [4.78, 5) is 17.3. The molecule has 0 amide bonds. The molecule has 1 saturated heterocycles. The second-order valence-corrected chi connectivity index (χ2v) is 6.65. The Morgan fingerprint density at radius 3 is 2.37 bits per heavy atom. The summed E-state index contributed by atoms with van der Waals surface area (Å²) in [5, 5.41) is 8.85. The molecule has 1 aliphatic rings. The molecule has 0 atom stereocenters. The van der Waals surface area contributed by atoms with E-state index in [4.69, 9.17) is 0 Å². The van der Waals surface area contributed by atoms with E-state index in [0.717, 1.165) is 39.1 Å². The van der Waals surface area contributed by atoms with Crippen LogP contribution < -0.4 is 22.9 Å². The highest BCUT2D eigenvalue weighted by Gasteiger charge is 2.16. The van der Waals surface area contributed by atoms with Gasteiger partial charge in [-0.1, -0.05) is 35.5 Å². The van der Waals surface area contributed by atoms with Crippen LogP contribution in [0.1, 0.15) is 7.85 Å². The van der Waals surface area contributed by atoms with Crippen LogP contribution in [0.4, 0.5) is 5.69 Å². The van der Waals surface area contributed by atoms with Crippen molar-refractivity contribution in [2.75, 3.05) is 37.6 Å². The van der Waals surface area contributed by atoms with E-state index in [1.165, 1.54) is 10.4 Å². The molecular weight excluding hydrogens is 362 g/mol. The number of nitrogens with zero attached hydrogens (tertiary/aromatic N) is 5. The van der Waals surface area contributed by atoms with Gasteiger partial charge in [-0.15, -0.1) is 5.10 Å². The quantitative estimate of drug-likeness (QED) is 0.571. The van der Waals surface area contributed by atoms with E-state index in [1.807, 2.05) is 24.3 Å². The van der Waals surface area contributed by atoms with Crippen LogP contribution in [0.3, 0.4) is 0 Å². The van der Waals surface area contributed by atoms with Crippen molar-refractivity contribution >= 4 is 16.6 Å². The SMILES string of the molecule is O=c1c2ccccc2nnn1CCCN1CCN(c2ccccc2)CC1.[Cl-].[H+]. The number of piperazine rings is 1. The summed E-state index contributed by atoms with van der Waals surface area (Å²) >= 11 is 0. The first-order chi connectivity index (χ1) is 12.8. The fourth-order valence-corrected chi connectivity index (χ4v) is 3.48. The maximum Gasteiger partial charge on any atom is 1.00 e. The molecule has 7 heteroatoms. The average Bonchev–Trinajstić information content (AvgIpc) is 2.71. The van der Waals surface area contributed by atoms with E-state index in [-0.39, 0.29) is 19.4 Å². The first kappa shape index (κ1) is 19.3. The maximum atomic E-state index is 12.5. The van der Waals surface area contributed by atoms with Crippen molar-refractivity contribution < 1.29 is 13.8 Å². The zero-order chi connectivity index (χ0) is 17.8. The molecule has 1 fully saturated rings. The molecule has 0 spiro atoms. The van der Waals surface area contributed by atoms with Gasteiger partial charge < -0.3 is 17.3 Å². The average molecular weight is 386 g/mol. The lowest BCUT2D eigenvalue weighted by Gasteiger charge is -2.36. The summed E-state index contributed by atoms with van der Waals surface area (Å²) in [6.07, 6.45) is 0.901. The third-order valence-corrected chi connectivity index (χ3v) is 4.97. The molecule has 0 radical (unpaired) electrons. The summed E-state index contributed by atoms with van der Waals surface area (Å²) in [6, 6.07) is 17.9. The Labute approximate surface area is 166 Å². The van der Waals surface area contributed by atoms with Crippen LogP contribution in [0.15, 0.2) is 59.4 Å². The van der Waals surface area contributed by atoms with E-state index < -0.39 is 0 Å². The number of fused-ring (bicyclic) bond motifs is 1. The van der Waals surface area contributed by atoms with Crippen molar-refractivity contribution in [1.29, 1.82) is 0 Å². The Hall–Kier alpha value is -2.44. The van der Waals surface area contributed by atoms with Crippen LogP contribution >= 0.6 is 0 Å². The molecule has 0 unspecified atom stereocenters. The van der Waals surface area contributed by atoms with Crippen molar-refractivity contribution in [1.82, 2.24) is 19.9 Å². The van der Waals surface area contributed by atoms with E-state index in [9.17, 15) is 4.79 Å². The number of aryl methyl sites for hydroxylation is 1. The lowest BCUT2D eigenvalue weighted by Crippen LogP contribution is -3.00. The molecule has 3 aromatic rings. The summed E-state index contributed by atoms with van der Waals surface area (Å²) in [7, 11) is 0. The van der Waals surface area contributed by atoms with Gasteiger partial charge in [-0.3, -0.25) is 9.69 Å². The Bertz CT molecular complexity index is 929. The highest BCUT2D eigenvalue weighted by molar-refractivity contribution is 5.76. The van der Waals surface area contributed by atoms with Crippen LogP contribution in [-0.2, 0) is 6.54 Å². The zero-order valence-electron chi connectivity index (χ0n) is 16.2. The van der Waals surface area contributed by atoms with Crippen LogP contribution in [0.5, 0.6) is 0 Å². The largest absolute Gasteiger partial charge is 1.00 e. The normalized spacial score (nSPS) is 14.9. The van der Waals surface area contributed by atoms with Crippen molar-refractivity contribution in [3.8, 4) is 0 Å². The number of rotatable bonds is 5. The number of benzene rings is 2. The van der Waals surface area contributed by atoms with Gasteiger partial charge in [0, 0.05) is 45.0 Å². The van der Waals surface area contributed by atoms with E-state index >= 15 is 0 Å². The van der Waals surface area contributed by atoms with Gasteiger partial charge in [-0.05, 0) is 30.7 Å². The second-order valence-electron chi connectivity index (χ2n) is 6.65. The van der Waals surface area contributed by atoms with Crippen LogP contribution in [0.25, 0.3) is 10.9 Å². The molecule has 0 bridgehead atoms. The third kappa shape index (κ3) is 4.46. The summed E-state index contributed by atoms with van der Waals surface area (Å²) in [5.74, 6) is 0. The van der Waals surface area contributed by atoms with Gasteiger partial charge in [-0.2, -0.15) is 0 Å². The fourth-order valence-electron chi connectivity index (χ4n) is 3.48. The van der Waals surface area contributed by atoms with Gasteiger partial charge in [0.05, 0.1) is 5.39 Å². The monoisotopic (exact) mass is 385 g/mol. The molecule has 142 valence electrons. The summed E-state index contributed by atoms with van der Waals surface area (Å²) in [6.45, 7) is 5.76. The highest BCUT2D eigenvalue weighted by Crippen LogP contribution is 2.15. The zero-order valence-corrected chi connectivity index (χ0v) is 15.9. The summed E-state index contributed by atoms with van der Waals surface area (Å²) < 4.78 is 1.49. The minimum atomic E-state index is -0.0514. The van der Waals surface area contributed by atoms with Crippen LogP contribution in [0, 0.1) is 0 Å². The van der Waals surface area contributed by atoms with Crippen LogP contribution in [0.2, 0.25) is 0 Å². The van der Waals surface area contributed by atoms with Gasteiger partial charge >= 0.3 is 1.43 Å². The highest BCUT2D eigenvalue weighted by atomic mass is 35.5. The van der Waals surface area contributed by atoms with Gasteiger partial charge in [0.15, 0.2) is 0 Å². The number of hydrogen-bond acceptors (Lipinski definition) is 5. The van der Waals surface area contributed by atoms with E-state index in [0.29, 0.717) is 17.4 Å². The van der Waals surface area contributed by atoms with Crippen molar-refractivity contribution in [3.05, 3.63) is 65.0 Å². The van der Waals surface area contributed by atoms with E-state index in [1.54, 1.807) is 0 Å². The number of aromatic nitrogens is 3. The number of anilines is 1. The Morgan fingerprint density at radius 2 is 1.59 bits per heavy atom. The predicted octanol–water partition coefficient (Wildman–Crippen LogP) is -0.880. The van der Waals surface area contributed by atoms with Gasteiger partial charge in [0.25, 0.3) is 5.56 Å². The molecule has 1 aliphatic heterocycles.